The summed E-state index contributed by atoms with van der Waals surface area (Å²) in [4.78, 5) is 0. The minimum absolute atomic E-state index is 0.939. The van der Waals surface area contributed by atoms with Gasteiger partial charge >= 0.3 is 0 Å². The molecule has 0 aliphatic carbocycles. The van der Waals surface area contributed by atoms with Crippen molar-refractivity contribution in [2.75, 3.05) is 19.6 Å². The van der Waals surface area contributed by atoms with Crippen molar-refractivity contribution in [1.29, 1.82) is 0 Å². The minimum atomic E-state index is 0.939. The van der Waals surface area contributed by atoms with Gasteiger partial charge < -0.3 is 10.6 Å². The lowest BCUT2D eigenvalue weighted by Crippen LogP contribution is -2.21. The van der Waals surface area contributed by atoms with Crippen LogP contribution in [0.2, 0.25) is 0 Å². The van der Waals surface area contributed by atoms with Crippen molar-refractivity contribution in [3.05, 3.63) is 33.8 Å². The van der Waals surface area contributed by atoms with Gasteiger partial charge in [-0.1, -0.05) is 40.5 Å². The van der Waals surface area contributed by atoms with Gasteiger partial charge in [-0.05, 0) is 44.6 Å². The first-order chi connectivity index (χ1) is 7.74. The predicted octanol–water partition coefficient (Wildman–Crippen LogP) is 2.85. The van der Waals surface area contributed by atoms with Gasteiger partial charge in [-0.2, -0.15) is 0 Å². The van der Waals surface area contributed by atoms with Crippen molar-refractivity contribution in [3.8, 4) is 0 Å². The van der Waals surface area contributed by atoms with Crippen LogP contribution in [0.4, 0.5) is 0 Å². The number of halogens is 1. The molecule has 0 bridgehead atoms. The maximum atomic E-state index is 3.57. The molecular weight excluding hydrogens is 264 g/mol. The van der Waals surface area contributed by atoms with Crippen molar-refractivity contribution in [2.24, 2.45) is 0 Å². The fourth-order valence-electron chi connectivity index (χ4n) is 1.58. The van der Waals surface area contributed by atoms with E-state index >= 15 is 0 Å². The molecule has 1 aromatic carbocycles. The summed E-state index contributed by atoms with van der Waals surface area (Å²) in [6.45, 7) is 8.42. The molecule has 90 valence electrons. The van der Waals surface area contributed by atoms with Crippen LogP contribution in [0.1, 0.15) is 24.5 Å². The smallest absolute Gasteiger partial charge is 0.0220 e. The summed E-state index contributed by atoms with van der Waals surface area (Å²) in [5.41, 5.74) is 2.65. The van der Waals surface area contributed by atoms with Crippen molar-refractivity contribution < 1.29 is 0 Å². The van der Waals surface area contributed by atoms with Crippen LogP contribution in [-0.4, -0.2) is 19.6 Å². The average Bonchev–Trinajstić information content (AvgIpc) is 2.28. The maximum absolute atomic E-state index is 3.57. The molecule has 0 unspecified atom stereocenters. The van der Waals surface area contributed by atoms with Crippen molar-refractivity contribution in [3.63, 3.8) is 0 Å². The normalized spacial score (nSPS) is 10.7. The standard InChI is InChI=1S/C13H21BrN2/c1-3-15-7-4-8-16-10-12-9-11(2)5-6-13(12)14/h5-6,9,15-16H,3-4,7-8,10H2,1-2H3. The molecule has 2 N–H and O–H groups in total. The second-order valence-electron chi connectivity index (χ2n) is 3.98. The van der Waals surface area contributed by atoms with E-state index in [0.29, 0.717) is 0 Å². The van der Waals surface area contributed by atoms with Crippen LogP contribution in [0.25, 0.3) is 0 Å². The molecule has 0 saturated carbocycles. The fraction of sp³-hybridized carbons (Fsp3) is 0.538. The van der Waals surface area contributed by atoms with Crippen molar-refractivity contribution in [1.82, 2.24) is 10.6 Å². The van der Waals surface area contributed by atoms with Crippen LogP contribution in [0, 0.1) is 6.92 Å². The zero-order valence-corrected chi connectivity index (χ0v) is 11.7. The van der Waals surface area contributed by atoms with Crippen LogP contribution >= 0.6 is 15.9 Å². The summed E-state index contributed by atoms with van der Waals surface area (Å²) in [6.07, 6.45) is 1.18. The van der Waals surface area contributed by atoms with Crippen LogP contribution in [0.5, 0.6) is 0 Å². The number of hydrogen-bond donors (Lipinski definition) is 2. The molecule has 0 atom stereocenters. The molecule has 0 aromatic heterocycles. The molecule has 0 aliphatic heterocycles. The highest BCUT2D eigenvalue weighted by Crippen LogP contribution is 2.17. The Morgan fingerprint density at radius 1 is 1.19 bits per heavy atom. The first kappa shape index (κ1) is 13.7. The van der Waals surface area contributed by atoms with E-state index in [1.54, 1.807) is 0 Å². The van der Waals surface area contributed by atoms with Gasteiger partial charge in [0, 0.05) is 11.0 Å². The Balaban J connectivity index is 2.23. The molecule has 0 radical (unpaired) electrons. The van der Waals surface area contributed by atoms with E-state index in [9.17, 15) is 0 Å². The Hall–Kier alpha value is -0.380. The van der Waals surface area contributed by atoms with Crippen LogP contribution in [-0.2, 0) is 6.54 Å². The number of nitrogens with one attached hydrogen (secondary N) is 2. The third-order valence-electron chi connectivity index (χ3n) is 2.47. The molecule has 16 heavy (non-hydrogen) atoms. The number of rotatable bonds is 7. The number of benzene rings is 1. The maximum Gasteiger partial charge on any atom is 0.0220 e. The molecule has 2 nitrogen and oxygen atoms in total. The van der Waals surface area contributed by atoms with Crippen molar-refractivity contribution in [2.45, 2.75) is 26.8 Å². The van der Waals surface area contributed by atoms with Gasteiger partial charge in [0.2, 0.25) is 0 Å². The summed E-state index contributed by atoms with van der Waals surface area (Å²) in [7, 11) is 0. The molecule has 1 rings (SSSR count). The molecule has 1 aromatic rings. The molecule has 0 fully saturated rings. The lowest BCUT2D eigenvalue weighted by atomic mass is 10.1. The topological polar surface area (TPSA) is 24.1 Å². The highest BCUT2D eigenvalue weighted by atomic mass is 79.9. The summed E-state index contributed by atoms with van der Waals surface area (Å²) >= 11 is 3.57. The van der Waals surface area contributed by atoms with Gasteiger partial charge in [-0.25, -0.2) is 0 Å². The minimum Gasteiger partial charge on any atom is -0.317 e. The van der Waals surface area contributed by atoms with Gasteiger partial charge in [0.05, 0.1) is 0 Å². The average molecular weight is 285 g/mol. The summed E-state index contributed by atoms with van der Waals surface area (Å²) in [5, 5.41) is 6.78. The van der Waals surface area contributed by atoms with E-state index in [0.717, 1.165) is 26.2 Å². The molecule has 0 amide bonds. The Morgan fingerprint density at radius 2 is 1.94 bits per heavy atom. The lowest BCUT2D eigenvalue weighted by Gasteiger charge is -2.08. The third-order valence-corrected chi connectivity index (χ3v) is 3.25. The van der Waals surface area contributed by atoms with E-state index in [1.165, 1.54) is 22.0 Å². The van der Waals surface area contributed by atoms with Crippen LogP contribution < -0.4 is 10.6 Å². The van der Waals surface area contributed by atoms with E-state index in [1.807, 2.05) is 0 Å². The van der Waals surface area contributed by atoms with Gasteiger partial charge in [-0.3, -0.25) is 0 Å². The highest BCUT2D eigenvalue weighted by molar-refractivity contribution is 9.10. The monoisotopic (exact) mass is 284 g/mol. The van der Waals surface area contributed by atoms with E-state index in [4.69, 9.17) is 0 Å². The lowest BCUT2D eigenvalue weighted by molar-refractivity contribution is 0.605. The van der Waals surface area contributed by atoms with Gasteiger partial charge in [0.1, 0.15) is 0 Å². The van der Waals surface area contributed by atoms with E-state index in [-0.39, 0.29) is 0 Å². The summed E-state index contributed by atoms with van der Waals surface area (Å²) in [6, 6.07) is 6.46. The molecule has 0 heterocycles. The fourth-order valence-corrected chi connectivity index (χ4v) is 1.96. The number of hydrogen-bond acceptors (Lipinski definition) is 2. The number of aryl methyl sites for hydroxylation is 1. The van der Waals surface area contributed by atoms with Crippen LogP contribution in [0.15, 0.2) is 22.7 Å². The molecule has 3 heteroatoms. The first-order valence-electron chi connectivity index (χ1n) is 5.90. The SMILES string of the molecule is CCNCCCNCc1cc(C)ccc1Br. The molecular formula is C13H21BrN2. The predicted molar refractivity (Wildman–Crippen MR) is 73.7 cm³/mol. The summed E-state index contributed by atoms with van der Waals surface area (Å²) < 4.78 is 1.19. The first-order valence-corrected chi connectivity index (χ1v) is 6.69. The van der Waals surface area contributed by atoms with Gasteiger partial charge in [-0.15, -0.1) is 0 Å². The second-order valence-corrected chi connectivity index (χ2v) is 4.83. The molecule has 0 spiro atoms. The third kappa shape index (κ3) is 5.10. The largest absolute Gasteiger partial charge is 0.317 e. The highest BCUT2D eigenvalue weighted by Gasteiger charge is 1.99. The van der Waals surface area contributed by atoms with Crippen LogP contribution in [0.3, 0.4) is 0 Å². The quantitative estimate of drug-likeness (QED) is 0.753. The zero-order valence-electron chi connectivity index (χ0n) is 10.1. The Bertz CT molecular complexity index is 313. The van der Waals surface area contributed by atoms with Crippen molar-refractivity contribution >= 4 is 15.9 Å². The Morgan fingerprint density at radius 3 is 2.69 bits per heavy atom. The van der Waals surface area contributed by atoms with Gasteiger partial charge in [0.15, 0.2) is 0 Å². The zero-order chi connectivity index (χ0) is 11.8. The second kappa shape index (κ2) is 7.82. The Kier molecular flexibility index (Phi) is 6.69. The van der Waals surface area contributed by atoms with Gasteiger partial charge in [0.25, 0.3) is 0 Å². The summed E-state index contributed by atoms with van der Waals surface area (Å²) in [5.74, 6) is 0. The molecule has 0 saturated heterocycles. The Labute approximate surface area is 107 Å². The van der Waals surface area contributed by atoms with E-state index in [2.05, 4.69) is 58.6 Å². The molecule has 0 aliphatic rings. The van der Waals surface area contributed by atoms with E-state index < -0.39 is 0 Å².